The van der Waals surface area contributed by atoms with Crippen LogP contribution in [-0.2, 0) is 38.0 Å². The van der Waals surface area contributed by atoms with Crippen LogP contribution in [0, 0.1) is 0 Å². The number of hydrogen-bond acceptors (Lipinski definition) is 21. The van der Waals surface area contributed by atoms with E-state index in [1.54, 1.807) is 0 Å². The first-order chi connectivity index (χ1) is 27.1. The highest BCUT2D eigenvalue weighted by Gasteiger charge is 2.52. The van der Waals surface area contributed by atoms with E-state index in [-0.39, 0.29) is 37.8 Å². The molecule has 24 nitrogen and oxygen atoms in total. The molecule has 332 valence electrons. The van der Waals surface area contributed by atoms with E-state index in [1.807, 2.05) is 0 Å². The van der Waals surface area contributed by atoms with Gasteiger partial charge in [-0.25, -0.2) is 10.2 Å². The lowest BCUT2D eigenvalue weighted by Gasteiger charge is -2.46. The van der Waals surface area contributed by atoms with E-state index >= 15 is 0 Å². The number of nitrogens with one attached hydrogen (secondary N) is 4. The standard InChI is InChI=1S/C33H61N5O19/c1-15(41)16(6-2-4-8-34)37-38-20(42)7-3-5-9-35-33(51)36-10-11-52-31-28(50)29(57-32-27(49)25(47)22(44)18(13-40)55-32)23(45)19(56-31)14-53-30-26(48)24(46)21(43)17(12-39)54-30/h16-19,21-32,37,39-40,43-50H,2-14,34H2,1H3,(H,38,42)(H2,35,36,51)/t16-,17+,18+,19+,21+,22+,23+,24-,25-,26-,27-,28-,29-,30-,31+,32+/m0/s1. The molecular weight excluding hydrogens is 770 g/mol. The molecule has 3 aliphatic heterocycles. The monoisotopic (exact) mass is 831 g/mol. The molecule has 0 aromatic rings. The zero-order valence-corrected chi connectivity index (χ0v) is 31.7. The average Bonchev–Trinajstić information content (AvgIpc) is 3.19. The molecule has 0 spiro atoms. The van der Waals surface area contributed by atoms with Gasteiger partial charge in [-0.3, -0.25) is 15.0 Å². The van der Waals surface area contributed by atoms with Gasteiger partial charge < -0.3 is 95.9 Å². The Morgan fingerprint density at radius 3 is 1.86 bits per heavy atom. The maximum absolute atomic E-state index is 12.3. The molecule has 3 saturated heterocycles. The van der Waals surface area contributed by atoms with Gasteiger partial charge in [-0.1, -0.05) is 6.42 Å². The third kappa shape index (κ3) is 14.4. The Kier molecular flexibility index (Phi) is 21.3. The zero-order chi connectivity index (χ0) is 42.2. The SMILES string of the molecule is CC(=O)[C@H](CCCCN)NNC(=O)CCCCNC(=O)NCCO[C@@H]1O[C@H](CO[C@H]2O[C@H](CO)[C@@H](O)[C@H](O)[C@@H]2O)[C@@H](O)[C@H](O[C@H]2O[C@H](CO)[C@@H](O)[C@H](O)[C@@H]2O)[C@@H]1O. The molecule has 3 aliphatic rings. The van der Waals surface area contributed by atoms with Gasteiger partial charge in [0, 0.05) is 19.5 Å². The first kappa shape index (κ1) is 49.1. The number of aliphatic hydroxyl groups excluding tert-OH is 10. The van der Waals surface area contributed by atoms with E-state index < -0.39 is 124 Å². The first-order valence-corrected chi connectivity index (χ1v) is 18.9. The van der Waals surface area contributed by atoms with Crippen LogP contribution in [0.2, 0.25) is 0 Å². The highest BCUT2D eigenvalue weighted by Crippen LogP contribution is 2.31. The molecule has 3 amide bonds. The lowest BCUT2D eigenvalue weighted by molar-refractivity contribution is -0.365. The van der Waals surface area contributed by atoms with Gasteiger partial charge in [0.2, 0.25) is 5.91 Å². The third-order valence-corrected chi connectivity index (χ3v) is 9.66. The van der Waals surface area contributed by atoms with Crippen molar-refractivity contribution in [2.24, 2.45) is 5.73 Å². The zero-order valence-electron chi connectivity index (χ0n) is 31.7. The summed E-state index contributed by atoms with van der Waals surface area (Å²) in [6, 6.07) is -1.09. The minimum absolute atomic E-state index is 0.108. The number of rotatable bonds is 23. The van der Waals surface area contributed by atoms with Gasteiger partial charge in [0.1, 0.15) is 79.0 Å². The topological polar surface area (TPSA) is 383 Å². The Hall–Kier alpha value is -2.31. The number of nitrogens with two attached hydrogens (primary N) is 1. The van der Waals surface area contributed by atoms with Gasteiger partial charge in [0.15, 0.2) is 18.9 Å². The van der Waals surface area contributed by atoms with E-state index in [0.29, 0.717) is 25.8 Å². The van der Waals surface area contributed by atoms with Crippen molar-refractivity contribution in [3.05, 3.63) is 0 Å². The number of urea groups is 1. The molecule has 24 heteroatoms. The molecule has 57 heavy (non-hydrogen) atoms. The van der Waals surface area contributed by atoms with Gasteiger partial charge in [-0.2, -0.15) is 0 Å². The van der Waals surface area contributed by atoms with Gasteiger partial charge in [-0.05, 0) is 39.2 Å². The van der Waals surface area contributed by atoms with Crippen molar-refractivity contribution in [1.82, 2.24) is 21.5 Å². The minimum Gasteiger partial charge on any atom is -0.394 e. The van der Waals surface area contributed by atoms with Gasteiger partial charge in [-0.15, -0.1) is 0 Å². The number of aliphatic hydroxyl groups is 10. The van der Waals surface area contributed by atoms with Crippen molar-refractivity contribution in [1.29, 1.82) is 0 Å². The van der Waals surface area contributed by atoms with Crippen LogP contribution in [0.25, 0.3) is 0 Å². The van der Waals surface area contributed by atoms with Crippen molar-refractivity contribution in [2.75, 3.05) is 46.1 Å². The average molecular weight is 832 g/mol. The predicted molar refractivity (Wildman–Crippen MR) is 189 cm³/mol. The molecule has 3 heterocycles. The van der Waals surface area contributed by atoms with Crippen molar-refractivity contribution in [3.8, 4) is 0 Å². The number of hydrazine groups is 1. The molecular formula is C33H61N5O19. The first-order valence-electron chi connectivity index (χ1n) is 18.9. The number of carbonyl (C=O) groups is 3. The molecule has 0 saturated carbocycles. The summed E-state index contributed by atoms with van der Waals surface area (Å²) in [4.78, 5) is 36.2. The second-order valence-corrected chi connectivity index (χ2v) is 14.0. The lowest BCUT2D eigenvalue weighted by Crippen LogP contribution is -2.65. The van der Waals surface area contributed by atoms with E-state index in [0.717, 1.165) is 12.8 Å². The Balaban J connectivity index is 1.50. The molecule has 3 rings (SSSR count). The van der Waals surface area contributed by atoms with Crippen molar-refractivity contribution in [3.63, 3.8) is 0 Å². The number of ketones is 1. The molecule has 3 fully saturated rings. The number of unbranched alkanes of at least 4 members (excludes halogenated alkanes) is 2. The van der Waals surface area contributed by atoms with E-state index in [2.05, 4.69) is 21.5 Å². The maximum Gasteiger partial charge on any atom is 0.314 e. The third-order valence-electron chi connectivity index (χ3n) is 9.66. The summed E-state index contributed by atoms with van der Waals surface area (Å²) >= 11 is 0. The van der Waals surface area contributed by atoms with E-state index in [4.69, 9.17) is 34.2 Å². The quantitative estimate of drug-likeness (QED) is 0.0336. The molecule has 0 bridgehead atoms. The summed E-state index contributed by atoms with van der Waals surface area (Å²) in [6.07, 6.45) is -22.2. The molecule has 0 aliphatic carbocycles. The molecule has 0 aromatic heterocycles. The highest BCUT2D eigenvalue weighted by molar-refractivity contribution is 5.82. The minimum atomic E-state index is -1.91. The van der Waals surface area contributed by atoms with E-state index in [9.17, 15) is 65.4 Å². The van der Waals surface area contributed by atoms with Crippen molar-refractivity contribution in [2.45, 2.75) is 144 Å². The van der Waals surface area contributed by atoms with Crippen LogP contribution in [0.3, 0.4) is 0 Å². The summed E-state index contributed by atoms with van der Waals surface area (Å²) in [5.74, 6) is -0.423. The molecule has 16 N–H and O–H groups in total. The van der Waals surface area contributed by atoms with Crippen LogP contribution in [0.15, 0.2) is 0 Å². The Morgan fingerprint density at radius 2 is 1.25 bits per heavy atom. The molecule has 0 unspecified atom stereocenters. The fourth-order valence-electron chi connectivity index (χ4n) is 6.18. The lowest BCUT2D eigenvalue weighted by atomic mass is 9.96. The van der Waals surface area contributed by atoms with Crippen LogP contribution in [0.5, 0.6) is 0 Å². The summed E-state index contributed by atoms with van der Waals surface area (Å²) in [6.45, 7) is -0.415. The summed E-state index contributed by atoms with van der Waals surface area (Å²) < 4.78 is 33.2. The summed E-state index contributed by atoms with van der Waals surface area (Å²) in [5.41, 5.74) is 10.7. The van der Waals surface area contributed by atoms with Crippen LogP contribution in [0.1, 0.15) is 45.4 Å². The fourth-order valence-corrected chi connectivity index (χ4v) is 6.18. The largest absolute Gasteiger partial charge is 0.394 e. The van der Waals surface area contributed by atoms with Gasteiger partial charge >= 0.3 is 6.03 Å². The summed E-state index contributed by atoms with van der Waals surface area (Å²) in [5, 5.41) is 108. The fraction of sp³-hybridized carbons (Fsp3) is 0.909. The van der Waals surface area contributed by atoms with Crippen molar-refractivity contribution >= 4 is 17.7 Å². The smallest absolute Gasteiger partial charge is 0.314 e. The second-order valence-electron chi connectivity index (χ2n) is 14.0. The Bertz CT molecular complexity index is 1210. The number of hydrogen-bond donors (Lipinski definition) is 15. The number of ether oxygens (including phenoxy) is 6. The Morgan fingerprint density at radius 1 is 0.667 bits per heavy atom. The van der Waals surface area contributed by atoms with Gasteiger partial charge in [0.05, 0.1) is 32.5 Å². The molecule has 0 aromatic carbocycles. The number of amides is 3. The van der Waals surface area contributed by atoms with Gasteiger partial charge in [0.25, 0.3) is 0 Å². The van der Waals surface area contributed by atoms with Crippen LogP contribution in [-0.4, -0.2) is 213 Å². The number of carbonyl (C=O) groups excluding carboxylic acids is 3. The van der Waals surface area contributed by atoms with E-state index in [1.165, 1.54) is 6.92 Å². The maximum atomic E-state index is 12.3. The predicted octanol–water partition coefficient (Wildman–Crippen LogP) is -7.37. The summed E-state index contributed by atoms with van der Waals surface area (Å²) in [7, 11) is 0. The van der Waals surface area contributed by atoms with Crippen molar-refractivity contribution < 1.29 is 93.9 Å². The Labute approximate surface area is 328 Å². The molecule has 16 atom stereocenters. The van der Waals surface area contributed by atoms with Crippen LogP contribution >= 0.6 is 0 Å². The van der Waals surface area contributed by atoms with Crippen LogP contribution < -0.4 is 27.2 Å². The normalized spacial score (nSPS) is 36.3. The van der Waals surface area contributed by atoms with Crippen LogP contribution in [0.4, 0.5) is 4.79 Å². The second kappa shape index (κ2) is 24.7. The molecule has 0 radical (unpaired) electrons. The number of Topliss-reactive ketones (excluding diaryl/α,β-unsaturated/α-hetero) is 1. The highest BCUT2D eigenvalue weighted by atomic mass is 16.7.